The van der Waals surface area contributed by atoms with Crippen LogP contribution in [0.3, 0.4) is 0 Å². The molecule has 1 aliphatic heterocycles. The van der Waals surface area contributed by atoms with Crippen LogP contribution in [0.2, 0.25) is 25.7 Å². The minimum absolute atomic E-state index is 0.269. The van der Waals surface area contributed by atoms with Crippen molar-refractivity contribution in [3.05, 3.63) is 22.1 Å². The number of aliphatic hydroxyl groups excluding tert-OH is 1. The van der Waals surface area contributed by atoms with Crippen molar-refractivity contribution in [3.63, 3.8) is 0 Å². The summed E-state index contributed by atoms with van der Waals surface area (Å²) in [5, 5.41) is 13.8. The number of rotatable bonds is 7. The smallest absolute Gasteiger partial charge is 0.391 e. The highest BCUT2D eigenvalue weighted by Crippen LogP contribution is 2.37. The molecule has 1 aromatic rings. The van der Waals surface area contributed by atoms with Gasteiger partial charge in [-0.2, -0.15) is 18.3 Å². The lowest BCUT2D eigenvalue weighted by atomic mass is 10.1. The van der Waals surface area contributed by atoms with Gasteiger partial charge in [-0.1, -0.05) is 19.6 Å². The van der Waals surface area contributed by atoms with E-state index in [2.05, 4.69) is 24.7 Å². The van der Waals surface area contributed by atoms with Crippen LogP contribution in [0.25, 0.3) is 0 Å². The van der Waals surface area contributed by atoms with Crippen LogP contribution in [0.5, 0.6) is 0 Å². The van der Waals surface area contributed by atoms with Gasteiger partial charge in [0.25, 0.3) is 5.56 Å². The molecule has 0 amide bonds. The van der Waals surface area contributed by atoms with Crippen molar-refractivity contribution in [2.75, 3.05) is 18.1 Å². The lowest BCUT2D eigenvalue weighted by molar-refractivity contribution is -0.138. The highest BCUT2D eigenvalue weighted by Gasteiger charge is 2.42. The molecule has 154 valence electrons. The van der Waals surface area contributed by atoms with Crippen LogP contribution < -0.4 is 10.5 Å². The van der Waals surface area contributed by atoms with Crippen molar-refractivity contribution in [1.29, 1.82) is 0 Å². The van der Waals surface area contributed by atoms with Crippen LogP contribution in [0, 0.1) is 0 Å². The van der Waals surface area contributed by atoms with E-state index in [1.54, 1.807) is 0 Å². The second kappa shape index (κ2) is 8.32. The molecule has 27 heavy (non-hydrogen) atoms. The molecule has 10 heteroatoms. The third-order valence-electron chi connectivity index (χ3n) is 4.68. The summed E-state index contributed by atoms with van der Waals surface area (Å²) >= 11 is 0. The van der Waals surface area contributed by atoms with E-state index in [1.165, 1.54) is 11.8 Å². The zero-order valence-corrected chi connectivity index (χ0v) is 17.2. The number of ether oxygens (including phenoxy) is 1. The standard InChI is InChI=1S/C17H28F3N3O3Si/c1-12(24)13-6-5-7-22(13)14-10-21-23(11-26-8-9-27(2,3)4)16(25)15(14)17(18,19)20/h10,12-13,24H,5-9,11H2,1-4H3/t12?,13-/m0/s1. The van der Waals surface area contributed by atoms with Crippen molar-refractivity contribution >= 4 is 13.8 Å². The van der Waals surface area contributed by atoms with Gasteiger partial charge < -0.3 is 14.7 Å². The molecule has 0 aliphatic carbocycles. The van der Waals surface area contributed by atoms with Gasteiger partial charge in [-0.3, -0.25) is 4.79 Å². The van der Waals surface area contributed by atoms with Gasteiger partial charge in [0, 0.05) is 21.2 Å². The van der Waals surface area contributed by atoms with E-state index in [0.29, 0.717) is 30.7 Å². The maximum atomic E-state index is 13.6. The van der Waals surface area contributed by atoms with Crippen molar-refractivity contribution in [1.82, 2.24) is 9.78 Å². The van der Waals surface area contributed by atoms with Gasteiger partial charge in [0.15, 0.2) is 0 Å². The van der Waals surface area contributed by atoms with Crippen LogP contribution in [0.4, 0.5) is 18.9 Å². The van der Waals surface area contributed by atoms with E-state index < -0.39 is 37.5 Å². The fourth-order valence-corrected chi connectivity index (χ4v) is 3.94. The number of nitrogens with zero attached hydrogens (tertiary/aromatic N) is 3. The average molecular weight is 408 g/mol. The quantitative estimate of drug-likeness (QED) is 0.556. The number of aromatic nitrogens is 2. The molecule has 1 aromatic heterocycles. The average Bonchev–Trinajstić information content (AvgIpc) is 2.99. The summed E-state index contributed by atoms with van der Waals surface area (Å²) in [5.41, 5.74) is -2.74. The highest BCUT2D eigenvalue weighted by molar-refractivity contribution is 6.76. The maximum absolute atomic E-state index is 13.6. The van der Waals surface area contributed by atoms with Gasteiger partial charge in [0.05, 0.1) is 24.0 Å². The zero-order valence-electron chi connectivity index (χ0n) is 16.2. The Labute approximate surface area is 157 Å². The third kappa shape index (κ3) is 5.55. The Hall–Kier alpha value is -1.39. The van der Waals surface area contributed by atoms with E-state index in [1.807, 2.05) is 0 Å². The first-order valence-corrected chi connectivity index (χ1v) is 12.8. The van der Waals surface area contributed by atoms with E-state index in [-0.39, 0.29) is 12.4 Å². The lowest BCUT2D eigenvalue weighted by Gasteiger charge is -2.30. The monoisotopic (exact) mass is 407 g/mol. The number of alkyl halides is 3. The Kier molecular flexibility index (Phi) is 6.75. The molecule has 2 heterocycles. The fraction of sp³-hybridized carbons (Fsp3) is 0.765. The molecule has 2 rings (SSSR count). The summed E-state index contributed by atoms with van der Waals surface area (Å²) in [4.78, 5) is 13.9. The number of hydrogen-bond acceptors (Lipinski definition) is 5. The molecule has 1 aliphatic rings. The van der Waals surface area contributed by atoms with E-state index in [9.17, 15) is 23.1 Å². The highest BCUT2D eigenvalue weighted by atomic mass is 28.3. The van der Waals surface area contributed by atoms with Gasteiger partial charge in [-0.25, -0.2) is 4.68 Å². The predicted molar refractivity (Wildman–Crippen MR) is 99.7 cm³/mol. The fourth-order valence-electron chi connectivity index (χ4n) is 3.18. The Balaban J connectivity index is 2.30. The Bertz CT molecular complexity index is 701. The van der Waals surface area contributed by atoms with Crippen molar-refractivity contribution in [3.8, 4) is 0 Å². The Morgan fingerprint density at radius 2 is 2.07 bits per heavy atom. The molecule has 1 fully saturated rings. The molecular formula is C17H28F3N3O3Si. The summed E-state index contributed by atoms with van der Waals surface area (Å²) in [6.45, 7) is 8.42. The molecule has 1 unspecified atom stereocenters. The summed E-state index contributed by atoms with van der Waals surface area (Å²) in [7, 11) is -1.34. The number of halogens is 3. The van der Waals surface area contributed by atoms with Crippen molar-refractivity contribution in [2.24, 2.45) is 0 Å². The second-order valence-electron chi connectivity index (χ2n) is 8.20. The van der Waals surface area contributed by atoms with E-state index in [4.69, 9.17) is 4.74 Å². The first-order valence-electron chi connectivity index (χ1n) is 9.11. The van der Waals surface area contributed by atoms with Gasteiger partial charge in [0.2, 0.25) is 0 Å². The van der Waals surface area contributed by atoms with Crippen molar-refractivity contribution in [2.45, 2.75) is 70.5 Å². The van der Waals surface area contributed by atoms with Gasteiger partial charge in [-0.15, -0.1) is 0 Å². The van der Waals surface area contributed by atoms with Crippen molar-refractivity contribution < 1.29 is 23.0 Å². The van der Waals surface area contributed by atoms with Crippen LogP contribution in [-0.4, -0.2) is 48.3 Å². The minimum atomic E-state index is -4.82. The first-order chi connectivity index (χ1) is 12.4. The van der Waals surface area contributed by atoms with Gasteiger partial charge in [0.1, 0.15) is 12.3 Å². The number of aliphatic hydroxyl groups is 1. The molecular weight excluding hydrogens is 379 g/mol. The third-order valence-corrected chi connectivity index (χ3v) is 6.39. The summed E-state index contributed by atoms with van der Waals surface area (Å²) in [6.07, 6.45) is -3.34. The molecule has 1 N–H and O–H groups in total. The molecule has 0 bridgehead atoms. The van der Waals surface area contributed by atoms with Crippen LogP contribution in [-0.2, 0) is 17.6 Å². The molecule has 0 spiro atoms. The molecule has 6 nitrogen and oxygen atoms in total. The maximum Gasteiger partial charge on any atom is 0.423 e. The Morgan fingerprint density at radius 1 is 1.41 bits per heavy atom. The lowest BCUT2D eigenvalue weighted by Crippen LogP contribution is -2.41. The zero-order chi connectivity index (χ0) is 20.4. The normalized spacial score (nSPS) is 19.6. The second-order valence-corrected chi connectivity index (χ2v) is 13.8. The van der Waals surface area contributed by atoms with Gasteiger partial charge >= 0.3 is 6.18 Å². The van der Waals surface area contributed by atoms with E-state index >= 15 is 0 Å². The largest absolute Gasteiger partial charge is 0.423 e. The van der Waals surface area contributed by atoms with Crippen LogP contribution in [0.1, 0.15) is 25.3 Å². The van der Waals surface area contributed by atoms with Crippen LogP contribution >= 0.6 is 0 Å². The van der Waals surface area contributed by atoms with Crippen LogP contribution in [0.15, 0.2) is 11.0 Å². The SMILES string of the molecule is CC(O)[C@@H]1CCCN1c1cnn(COCC[Si](C)(C)C)c(=O)c1C(F)(F)F. The minimum Gasteiger partial charge on any atom is -0.391 e. The number of anilines is 1. The first kappa shape index (κ1) is 21.9. The number of hydrogen-bond donors (Lipinski definition) is 1. The molecule has 0 radical (unpaired) electrons. The predicted octanol–water partition coefficient (Wildman–Crippen LogP) is 2.92. The van der Waals surface area contributed by atoms with E-state index in [0.717, 1.165) is 12.2 Å². The Morgan fingerprint density at radius 3 is 2.63 bits per heavy atom. The summed E-state index contributed by atoms with van der Waals surface area (Å²) < 4.78 is 47.0. The summed E-state index contributed by atoms with van der Waals surface area (Å²) in [5.74, 6) is 0. The molecule has 0 aromatic carbocycles. The van der Waals surface area contributed by atoms with Gasteiger partial charge in [-0.05, 0) is 25.8 Å². The molecule has 0 saturated carbocycles. The molecule has 2 atom stereocenters. The summed E-state index contributed by atoms with van der Waals surface area (Å²) in [6, 6.07) is 0.381. The molecule has 1 saturated heterocycles. The topological polar surface area (TPSA) is 67.6 Å².